The van der Waals surface area contributed by atoms with E-state index < -0.39 is 47.7 Å². The van der Waals surface area contributed by atoms with Gasteiger partial charge in [-0.15, -0.1) is 0 Å². The van der Waals surface area contributed by atoms with E-state index in [-0.39, 0.29) is 16.9 Å². The van der Waals surface area contributed by atoms with Crippen molar-refractivity contribution in [2.45, 2.75) is 19.8 Å². The Hall–Kier alpha value is -3.14. The van der Waals surface area contributed by atoms with Gasteiger partial charge in [-0.05, 0) is 25.1 Å². The first-order chi connectivity index (χ1) is 11.8. The number of furan rings is 1. The summed E-state index contributed by atoms with van der Waals surface area (Å²) in [5.74, 6) is -5.31. The van der Waals surface area contributed by atoms with Gasteiger partial charge in [0.15, 0.2) is 23.3 Å². The summed E-state index contributed by atoms with van der Waals surface area (Å²) < 4.78 is 31.4. The van der Waals surface area contributed by atoms with Crippen molar-refractivity contribution in [1.82, 2.24) is 0 Å². The van der Waals surface area contributed by atoms with Crippen LogP contribution in [0.4, 0.5) is 8.78 Å². The second kappa shape index (κ2) is 7.62. The molecule has 0 radical (unpaired) electrons. The molecule has 1 atom stereocenters. The zero-order valence-corrected chi connectivity index (χ0v) is 13.2. The van der Waals surface area contributed by atoms with Crippen molar-refractivity contribution in [3.63, 3.8) is 0 Å². The molecule has 1 aromatic carbocycles. The minimum Gasteiger partial charge on any atom is -0.469 e. The predicted octanol–water partition coefficient (Wildman–Crippen LogP) is 3.42. The first-order valence-electron chi connectivity index (χ1n) is 7.34. The molecule has 0 saturated carbocycles. The maximum absolute atomic E-state index is 13.5. The average molecular weight is 345 g/mol. The number of nitrogens with zero attached hydrogens (tertiary/aromatic N) is 1. The molecular weight excluding hydrogens is 332 g/mol. The van der Waals surface area contributed by atoms with Crippen LogP contribution in [0.1, 0.15) is 39.3 Å². The molecule has 5 nitrogen and oxygen atoms in total. The number of hydrogen-bond acceptors (Lipinski definition) is 5. The molecular formula is C18H13F2NO4. The summed E-state index contributed by atoms with van der Waals surface area (Å²) in [6, 6.07) is 5.46. The number of nitriles is 1. The van der Waals surface area contributed by atoms with Gasteiger partial charge in [0.05, 0.1) is 23.5 Å². The molecule has 0 saturated heterocycles. The van der Waals surface area contributed by atoms with Gasteiger partial charge in [-0.3, -0.25) is 14.4 Å². The normalized spacial score (nSPS) is 11.6. The highest BCUT2D eigenvalue weighted by molar-refractivity contribution is 6.13. The zero-order valence-electron chi connectivity index (χ0n) is 13.2. The van der Waals surface area contributed by atoms with E-state index in [0.29, 0.717) is 6.07 Å². The topological polar surface area (TPSA) is 88.1 Å². The van der Waals surface area contributed by atoms with Crippen LogP contribution in [-0.4, -0.2) is 17.3 Å². The number of rotatable bonds is 7. The third-order valence-corrected chi connectivity index (χ3v) is 3.67. The molecule has 1 aromatic heterocycles. The van der Waals surface area contributed by atoms with Crippen LogP contribution in [0.25, 0.3) is 0 Å². The second-order valence-corrected chi connectivity index (χ2v) is 5.33. The monoisotopic (exact) mass is 345 g/mol. The first kappa shape index (κ1) is 18.2. The van der Waals surface area contributed by atoms with E-state index in [9.17, 15) is 23.2 Å². The molecule has 0 aliphatic carbocycles. The molecule has 1 heterocycles. The molecule has 25 heavy (non-hydrogen) atoms. The quantitative estimate of drug-likeness (QED) is 0.567. The molecule has 128 valence electrons. The van der Waals surface area contributed by atoms with Crippen LogP contribution in [0.3, 0.4) is 0 Å². The van der Waals surface area contributed by atoms with Gasteiger partial charge in [-0.1, -0.05) is 0 Å². The maximum Gasteiger partial charge on any atom is 0.191 e. The van der Waals surface area contributed by atoms with Crippen LogP contribution < -0.4 is 0 Å². The fourth-order valence-corrected chi connectivity index (χ4v) is 2.30. The fourth-order valence-electron chi connectivity index (χ4n) is 2.30. The van der Waals surface area contributed by atoms with Gasteiger partial charge in [-0.2, -0.15) is 5.26 Å². The molecule has 0 bridgehead atoms. The third kappa shape index (κ3) is 4.04. The second-order valence-electron chi connectivity index (χ2n) is 5.33. The van der Waals surface area contributed by atoms with Gasteiger partial charge in [0.1, 0.15) is 17.4 Å². The van der Waals surface area contributed by atoms with Crippen molar-refractivity contribution in [2.24, 2.45) is 5.92 Å². The summed E-state index contributed by atoms with van der Waals surface area (Å²) >= 11 is 0. The SMILES string of the molecule is Cc1occc1C(=O)C(C#N)C(=O)CCC(=O)c1ccc(F)cc1F. The third-order valence-electron chi connectivity index (χ3n) is 3.67. The minimum atomic E-state index is -1.57. The van der Waals surface area contributed by atoms with E-state index in [1.54, 1.807) is 6.07 Å². The number of hydrogen-bond donors (Lipinski definition) is 0. The minimum absolute atomic E-state index is 0.121. The number of carbonyl (C=O) groups is 3. The Morgan fingerprint density at radius 1 is 1.16 bits per heavy atom. The smallest absolute Gasteiger partial charge is 0.191 e. The lowest BCUT2D eigenvalue weighted by molar-refractivity contribution is -0.120. The van der Waals surface area contributed by atoms with Crippen molar-refractivity contribution in [3.8, 4) is 6.07 Å². The van der Waals surface area contributed by atoms with Crippen molar-refractivity contribution >= 4 is 17.3 Å². The maximum atomic E-state index is 13.5. The molecule has 0 spiro atoms. The summed E-state index contributed by atoms with van der Waals surface area (Å²) in [5, 5.41) is 9.10. The fraction of sp³-hybridized carbons (Fsp3) is 0.222. The Labute approximate surface area is 141 Å². The molecule has 2 rings (SSSR count). The van der Waals surface area contributed by atoms with E-state index in [4.69, 9.17) is 9.68 Å². The number of benzene rings is 1. The van der Waals surface area contributed by atoms with Crippen LogP contribution in [0.5, 0.6) is 0 Å². The van der Waals surface area contributed by atoms with Gasteiger partial charge in [0.25, 0.3) is 0 Å². The highest BCUT2D eigenvalue weighted by Gasteiger charge is 2.29. The molecule has 2 aromatic rings. The Morgan fingerprint density at radius 2 is 1.88 bits per heavy atom. The number of Topliss-reactive ketones (excluding diaryl/α,β-unsaturated/α-hetero) is 3. The lowest BCUT2D eigenvalue weighted by atomic mass is 9.91. The Bertz CT molecular complexity index is 879. The van der Waals surface area contributed by atoms with E-state index in [0.717, 1.165) is 12.1 Å². The van der Waals surface area contributed by atoms with Crippen molar-refractivity contribution in [3.05, 3.63) is 59.1 Å². The summed E-state index contributed by atoms with van der Waals surface area (Å²) in [5.41, 5.74) is -0.226. The Kier molecular flexibility index (Phi) is 5.55. The number of aryl methyl sites for hydroxylation is 1. The summed E-state index contributed by atoms with van der Waals surface area (Å²) in [4.78, 5) is 36.3. The predicted molar refractivity (Wildman–Crippen MR) is 81.8 cm³/mol. The Morgan fingerprint density at radius 3 is 2.44 bits per heavy atom. The average Bonchev–Trinajstić information content (AvgIpc) is 2.99. The number of ketones is 3. The van der Waals surface area contributed by atoms with Gasteiger partial charge in [0, 0.05) is 18.9 Å². The lowest BCUT2D eigenvalue weighted by Crippen LogP contribution is -2.23. The largest absolute Gasteiger partial charge is 0.469 e. The standard InChI is InChI=1S/C18H13F2NO4/c1-10-12(6-7-25-10)18(24)14(9-21)17(23)5-4-16(22)13-3-2-11(19)8-15(13)20/h2-3,6-8,14H,4-5H2,1H3. The van der Waals surface area contributed by atoms with Crippen molar-refractivity contribution < 1.29 is 27.6 Å². The van der Waals surface area contributed by atoms with Gasteiger partial charge in [-0.25, -0.2) is 8.78 Å². The van der Waals surface area contributed by atoms with Crippen molar-refractivity contribution in [2.75, 3.05) is 0 Å². The van der Waals surface area contributed by atoms with Gasteiger partial charge < -0.3 is 4.42 Å². The molecule has 0 aliphatic rings. The summed E-state index contributed by atoms with van der Waals surface area (Å²) in [6.45, 7) is 1.52. The van der Waals surface area contributed by atoms with E-state index >= 15 is 0 Å². The van der Waals surface area contributed by atoms with Crippen LogP contribution >= 0.6 is 0 Å². The van der Waals surface area contributed by atoms with E-state index in [1.807, 2.05) is 0 Å². The number of halogens is 2. The lowest BCUT2D eigenvalue weighted by Gasteiger charge is -2.07. The van der Waals surface area contributed by atoms with Crippen LogP contribution in [0.15, 0.2) is 34.9 Å². The summed E-state index contributed by atoms with van der Waals surface area (Å²) in [7, 11) is 0. The van der Waals surface area contributed by atoms with Gasteiger partial charge >= 0.3 is 0 Å². The zero-order chi connectivity index (χ0) is 18.6. The number of carbonyl (C=O) groups excluding carboxylic acids is 3. The molecule has 0 aliphatic heterocycles. The van der Waals surface area contributed by atoms with Crippen LogP contribution in [0, 0.1) is 35.8 Å². The van der Waals surface area contributed by atoms with E-state index in [1.165, 1.54) is 19.3 Å². The molecule has 7 heteroatoms. The molecule has 0 N–H and O–H groups in total. The molecule has 0 amide bonds. The summed E-state index contributed by atoms with van der Waals surface area (Å²) in [6.07, 6.45) is 0.468. The van der Waals surface area contributed by atoms with Crippen LogP contribution in [-0.2, 0) is 4.79 Å². The first-order valence-corrected chi connectivity index (χ1v) is 7.34. The highest BCUT2D eigenvalue weighted by atomic mass is 19.1. The van der Waals surface area contributed by atoms with Gasteiger partial charge in [0.2, 0.25) is 0 Å². The van der Waals surface area contributed by atoms with Crippen LogP contribution in [0.2, 0.25) is 0 Å². The van der Waals surface area contributed by atoms with Crippen molar-refractivity contribution in [1.29, 1.82) is 5.26 Å². The van der Waals surface area contributed by atoms with E-state index in [2.05, 4.69) is 0 Å². The molecule has 0 fully saturated rings. The highest BCUT2D eigenvalue weighted by Crippen LogP contribution is 2.18. The Balaban J connectivity index is 2.05. The molecule has 1 unspecified atom stereocenters.